The van der Waals surface area contributed by atoms with Gasteiger partial charge in [-0.1, -0.05) is 26.2 Å². The normalized spacial score (nSPS) is 28.6. The molecule has 2 rings (SSSR count). The molecule has 0 bridgehead atoms. The molecule has 1 N–H and O–H groups in total. The predicted octanol–water partition coefficient (Wildman–Crippen LogP) is 3.77. The molecule has 0 aromatic rings. The molecule has 1 aliphatic heterocycles. The largest absolute Gasteiger partial charge is 0.506 e. The van der Waals surface area contributed by atoms with Crippen LogP contribution in [0.1, 0.15) is 59.3 Å². The van der Waals surface area contributed by atoms with Crippen LogP contribution >= 0.6 is 0 Å². The lowest BCUT2D eigenvalue weighted by molar-refractivity contribution is -0.479. The number of hydrogen-bond acceptors (Lipinski definition) is 4. The monoisotopic (exact) mass is 274 g/mol. The van der Waals surface area contributed by atoms with Crippen molar-refractivity contribution in [2.75, 3.05) is 6.61 Å². The Morgan fingerprint density at radius 2 is 2.00 bits per heavy atom. The zero-order valence-corrected chi connectivity index (χ0v) is 12.2. The first-order chi connectivity index (χ1) is 8.98. The third-order valence-electron chi connectivity index (χ3n) is 3.94. The standard InChI is InChI=1S/C9H16O2.C5H10O3/c1-9(7-10-11-9)8-5-3-2-4-6-8;1-3-4(2)8-5(6)7/h8H,2-7H2,1H3;4H,3H2,1-2H3,(H,6,7). The van der Waals surface area contributed by atoms with Crippen molar-refractivity contribution < 1.29 is 24.4 Å². The molecule has 5 nitrogen and oxygen atoms in total. The van der Waals surface area contributed by atoms with Gasteiger partial charge in [0.15, 0.2) is 0 Å². The van der Waals surface area contributed by atoms with Crippen LogP contribution in [0.25, 0.3) is 0 Å². The van der Waals surface area contributed by atoms with E-state index >= 15 is 0 Å². The summed E-state index contributed by atoms with van der Waals surface area (Å²) >= 11 is 0. The Bertz CT molecular complexity index is 269. The molecule has 2 fully saturated rings. The fourth-order valence-electron chi connectivity index (χ4n) is 2.40. The van der Waals surface area contributed by atoms with Gasteiger partial charge < -0.3 is 9.84 Å². The zero-order chi connectivity index (χ0) is 14.3. The van der Waals surface area contributed by atoms with Crippen LogP contribution in [0.5, 0.6) is 0 Å². The molecule has 19 heavy (non-hydrogen) atoms. The Hall–Kier alpha value is -0.810. The second-order valence-corrected chi connectivity index (χ2v) is 5.60. The molecule has 0 amide bonds. The average molecular weight is 274 g/mol. The summed E-state index contributed by atoms with van der Waals surface area (Å²) in [5, 5.41) is 7.99. The second kappa shape index (κ2) is 7.70. The van der Waals surface area contributed by atoms with Crippen molar-refractivity contribution in [3.05, 3.63) is 0 Å². The van der Waals surface area contributed by atoms with Crippen LogP contribution in [0.3, 0.4) is 0 Å². The molecule has 2 aliphatic rings. The summed E-state index contributed by atoms with van der Waals surface area (Å²) in [6, 6.07) is 0. The maximum atomic E-state index is 9.75. The molecule has 2 atom stereocenters. The summed E-state index contributed by atoms with van der Waals surface area (Å²) in [4.78, 5) is 19.7. The van der Waals surface area contributed by atoms with Crippen LogP contribution in [-0.4, -0.2) is 29.6 Å². The van der Waals surface area contributed by atoms with Gasteiger partial charge in [-0.15, -0.1) is 0 Å². The van der Waals surface area contributed by atoms with E-state index in [2.05, 4.69) is 11.7 Å². The number of carboxylic acid groups (broad SMARTS) is 1. The lowest BCUT2D eigenvalue weighted by Crippen LogP contribution is -2.51. The first kappa shape index (κ1) is 16.2. The van der Waals surface area contributed by atoms with E-state index in [0.29, 0.717) is 0 Å². The Morgan fingerprint density at radius 3 is 2.32 bits per heavy atom. The summed E-state index contributed by atoms with van der Waals surface area (Å²) in [6.07, 6.45) is 6.19. The van der Waals surface area contributed by atoms with E-state index in [1.807, 2.05) is 6.92 Å². The fourth-order valence-corrected chi connectivity index (χ4v) is 2.40. The molecule has 0 aromatic carbocycles. The third-order valence-corrected chi connectivity index (χ3v) is 3.94. The van der Waals surface area contributed by atoms with Crippen LogP contribution < -0.4 is 0 Å². The summed E-state index contributed by atoms with van der Waals surface area (Å²) in [6.45, 7) is 6.56. The highest BCUT2D eigenvalue weighted by atomic mass is 17.2. The molecule has 112 valence electrons. The van der Waals surface area contributed by atoms with E-state index in [0.717, 1.165) is 18.9 Å². The highest BCUT2D eigenvalue weighted by molar-refractivity contribution is 5.56. The topological polar surface area (TPSA) is 65.0 Å². The van der Waals surface area contributed by atoms with Gasteiger partial charge >= 0.3 is 6.16 Å². The maximum absolute atomic E-state index is 9.75. The van der Waals surface area contributed by atoms with Crippen molar-refractivity contribution >= 4 is 6.16 Å². The maximum Gasteiger partial charge on any atom is 0.506 e. The van der Waals surface area contributed by atoms with E-state index < -0.39 is 6.16 Å². The first-order valence-corrected chi connectivity index (χ1v) is 7.18. The van der Waals surface area contributed by atoms with E-state index in [4.69, 9.17) is 14.9 Å². The molecule has 2 unspecified atom stereocenters. The molecule has 0 radical (unpaired) electrons. The predicted molar refractivity (Wildman–Crippen MR) is 70.9 cm³/mol. The van der Waals surface area contributed by atoms with Gasteiger partial charge in [0, 0.05) is 0 Å². The summed E-state index contributed by atoms with van der Waals surface area (Å²) in [5.74, 6) is 0.755. The van der Waals surface area contributed by atoms with Gasteiger partial charge in [-0.2, -0.15) is 0 Å². The molecular formula is C14H26O5. The van der Waals surface area contributed by atoms with Crippen LogP contribution in [-0.2, 0) is 14.5 Å². The minimum absolute atomic E-state index is 0.0699. The molecule has 1 aliphatic carbocycles. The van der Waals surface area contributed by atoms with E-state index in [1.165, 1.54) is 32.1 Å². The third kappa shape index (κ3) is 5.37. The Kier molecular flexibility index (Phi) is 6.58. The molecule has 1 saturated heterocycles. The zero-order valence-electron chi connectivity index (χ0n) is 12.2. The summed E-state index contributed by atoms with van der Waals surface area (Å²) < 4.78 is 4.32. The fraction of sp³-hybridized carbons (Fsp3) is 0.929. The molecule has 0 aromatic heterocycles. The van der Waals surface area contributed by atoms with Crippen molar-refractivity contribution in [2.45, 2.75) is 71.0 Å². The lowest BCUT2D eigenvalue weighted by Gasteiger charge is -2.43. The van der Waals surface area contributed by atoms with Crippen LogP contribution in [0.15, 0.2) is 0 Å². The van der Waals surface area contributed by atoms with Gasteiger partial charge in [-0.05, 0) is 39.0 Å². The average Bonchev–Trinajstić information content (AvgIpc) is 2.37. The van der Waals surface area contributed by atoms with Gasteiger partial charge in [0.05, 0.1) is 0 Å². The second-order valence-electron chi connectivity index (χ2n) is 5.60. The van der Waals surface area contributed by atoms with Crippen molar-refractivity contribution in [2.24, 2.45) is 5.92 Å². The van der Waals surface area contributed by atoms with E-state index in [-0.39, 0.29) is 11.7 Å². The summed E-state index contributed by atoms with van der Waals surface area (Å²) in [5.41, 5.74) is 0.0699. The van der Waals surface area contributed by atoms with Crippen molar-refractivity contribution in [3.63, 3.8) is 0 Å². The number of ether oxygens (including phenoxy) is 1. The first-order valence-electron chi connectivity index (χ1n) is 7.18. The minimum atomic E-state index is -1.20. The van der Waals surface area contributed by atoms with Gasteiger partial charge in [-0.3, -0.25) is 0 Å². The van der Waals surface area contributed by atoms with E-state index in [1.54, 1.807) is 6.92 Å². The Labute approximate surface area is 115 Å². The number of hydrogen-bond donors (Lipinski definition) is 1. The van der Waals surface area contributed by atoms with Crippen LogP contribution in [0, 0.1) is 5.92 Å². The van der Waals surface area contributed by atoms with Gasteiger partial charge in [-0.25, -0.2) is 14.6 Å². The minimum Gasteiger partial charge on any atom is -0.450 e. The number of carbonyl (C=O) groups is 1. The molecule has 0 spiro atoms. The van der Waals surface area contributed by atoms with Gasteiger partial charge in [0.2, 0.25) is 0 Å². The smallest absolute Gasteiger partial charge is 0.450 e. The van der Waals surface area contributed by atoms with Crippen molar-refractivity contribution in [1.29, 1.82) is 0 Å². The van der Waals surface area contributed by atoms with Crippen LogP contribution in [0.2, 0.25) is 0 Å². The SMILES string of the molecule is CC1(C2CCCCC2)COO1.CCC(C)OC(=O)O. The van der Waals surface area contributed by atoms with E-state index in [9.17, 15) is 4.79 Å². The van der Waals surface area contributed by atoms with Gasteiger partial charge in [0.25, 0.3) is 0 Å². The molecule has 5 heteroatoms. The highest BCUT2D eigenvalue weighted by Crippen LogP contribution is 2.39. The molecular weight excluding hydrogens is 248 g/mol. The lowest BCUT2D eigenvalue weighted by atomic mass is 9.78. The van der Waals surface area contributed by atoms with Crippen molar-refractivity contribution in [3.8, 4) is 0 Å². The molecule has 1 saturated carbocycles. The highest BCUT2D eigenvalue weighted by Gasteiger charge is 2.43. The summed E-state index contributed by atoms with van der Waals surface area (Å²) in [7, 11) is 0. The Balaban J connectivity index is 0.000000203. The number of rotatable bonds is 3. The quantitative estimate of drug-likeness (QED) is 0.627. The molecule has 1 heterocycles. The Morgan fingerprint density at radius 1 is 1.42 bits per heavy atom. The van der Waals surface area contributed by atoms with Crippen molar-refractivity contribution in [1.82, 2.24) is 0 Å². The van der Waals surface area contributed by atoms with Gasteiger partial charge in [0.1, 0.15) is 18.3 Å². The van der Waals surface area contributed by atoms with Crippen LogP contribution in [0.4, 0.5) is 4.79 Å².